The number of benzene rings is 1. The summed E-state index contributed by atoms with van der Waals surface area (Å²) in [6, 6.07) is 10.3. The molecule has 12 nitrogen and oxygen atoms in total. The number of hydrogen-bond donors (Lipinski definition) is 8. The molecule has 4 heterocycles. The van der Waals surface area contributed by atoms with E-state index < -0.39 is 26.0 Å². The molecule has 0 aliphatic carbocycles. The van der Waals surface area contributed by atoms with E-state index in [2.05, 4.69) is 39.3 Å². The summed E-state index contributed by atoms with van der Waals surface area (Å²) in [5.41, 5.74) is 2.40. The van der Waals surface area contributed by atoms with E-state index in [9.17, 15) is 14.8 Å². The zero-order valence-corrected chi connectivity index (χ0v) is 27.6. The Kier molecular flexibility index (Phi) is 17.8. The van der Waals surface area contributed by atoms with E-state index in [4.69, 9.17) is 20.1 Å². The first-order valence-corrected chi connectivity index (χ1v) is 16.1. The lowest BCUT2D eigenvalue weighted by Crippen LogP contribution is -2.31. The van der Waals surface area contributed by atoms with Gasteiger partial charge in [0.25, 0.3) is 6.92 Å². The summed E-state index contributed by atoms with van der Waals surface area (Å²) >= 11 is 0. The number of nitrogens with one attached hydrogen (secondary N) is 2. The van der Waals surface area contributed by atoms with Crippen LogP contribution in [-0.2, 0) is 16.1 Å². The largest absolute Gasteiger partial charge is 0.469 e. The monoisotopic (exact) mass is 630 g/mol. The highest BCUT2D eigenvalue weighted by Gasteiger charge is 2.43. The first kappa shape index (κ1) is 39.3. The van der Waals surface area contributed by atoms with Gasteiger partial charge in [0.1, 0.15) is 0 Å². The van der Waals surface area contributed by atoms with Gasteiger partial charge in [-0.25, -0.2) is 0 Å². The Labute approximate surface area is 270 Å². The topological polar surface area (TPSA) is 178 Å². The van der Waals surface area contributed by atoms with Crippen molar-refractivity contribution in [2.24, 2.45) is 11.8 Å². The van der Waals surface area contributed by atoms with Crippen LogP contribution in [0, 0.1) is 11.8 Å². The first-order chi connectivity index (χ1) is 21.3. The fraction of sp³-hybridized carbons (Fsp3) is 0.690. The van der Waals surface area contributed by atoms with E-state index in [1.165, 1.54) is 12.7 Å². The van der Waals surface area contributed by atoms with Gasteiger partial charge >= 0.3 is 27.1 Å². The van der Waals surface area contributed by atoms with E-state index >= 15 is 0 Å². The Morgan fingerprint density at radius 3 is 2.04 bits per heavy atom. The molecule has 45 heavy (non-hydrogen) atoms. The van der Waals surface area contributed by atoms with Crippen LogP contribution >= 0.6 is 0 Å². The van der Waals surface area contributed by atoms with Crippen LogP contribution in [0.2, 0.25) is 31.1 Å². The molecule has 0 saturated carbocycles. The summed E-state index contributed by atoms with van der Waals surface area (Å²) in [7, 11) is 0.504. The molecule has 5 unspecified atom stereocenters. The summed E-state index contributed by atoms with van der Waals surface area (Å²) in [5.74, 6) is -0.377. The van der Waals surface area contributed by atoms with Crippen LogP contribution in [0.1, 0.15) is 25.3 Å². The second-order valence-electron chi connectivity index (χ2n) is 12.8. The Balaban J connectivity index is 0.000000218. The average molecular weight is 630 g/mol. The number of likely N-dealkylation sites (tertiary alicyclic amines) is 2. The highest BCUT2D eigenvalue weighted by atomic mass is 16.5. The highest BCUT2D eigenvalue weighted by molar-refractivity contribution is 6.57. The van der Waals surface area contributed by atoms with E-state index in [1.807, 2.05) is 43.2 Å². The van der Waals surface area contributed by atoms with Gasteiger partial charge in [-0.2, -0.15) is 0 Å². The van der Waals surface area contributed by atoms with E-state index in [0.717, 1.165) is 57.6 Å². The zero-order valence-electron chi connectivity index (χ0n) is 27.6. The van der Waals surface area contributed by atoms with E-state index in [-0.39, 0.29) is 25.6 Å². The van der Waals surface area contributed by atoms with Crippen molar-refractivity contribution in [2.75, 3.05) is 60.0 Å². The molecule has 0 amide bonds. The van der Waals surface area contributed by atoms with Gasteiger partial charge in [0.15, 0.2) is 0 Å². The highest BCUT2D eigenvalue weighted by Crippen LogP contribution is 2.30. The lowest BCUT2D eigenvalue weighted by Gasteiger charge is -2.15. The molecule has 8 N–H and O–H groups in total. The fourth-order valence-electron chi connectivity index (χ4n) is 6.10. The molecule has 5 atom stereocenters. The average Bonchev–Trinajstić information content (AvgIpc) is 3.82. The molecule has 3 saturated heterocycles. The molecule has 3 fully saturated rings. The van der Waals surface area contributed by atoms with Gasteiger partial charge < -0.3 is 50.4 Å². The normalized spacial score (nSPS) is 25.8. The van der Waals surface area contributed by atoms with Crippen molar-refractivity contribution in [2.45, 2.75) is 57.4 Å². The molecule has 16 heteroatoms. The van der Waals surface area contributed by atoms with Gasteiger partial charge in [-0.1, -0.05) is 56.4 Å². The second-order valence-corrected chi connectivity index (χ2v) is 12.8. The maximum Gasteiger partial charge on any atom is 0.457 e. The van der Waals surface area contributed by atoms with E-state index in [1.54, 1.807) is 6.82 Å². The number of esters is 1. The van der Waals surface area contributed by atoms with Gasteiger partial charge in [0.05, 0.1) is 13.0 Å². The molecule has 1 aromatic carbocycles. The predicted molar refractivity (Wildman–Crippen MR) is 181 cm³/mol. The first-order valence-electron chi connectivity index (χ1n) is 16.1. The maximum absolute atomic E-state index is 11.2. The molecule has 5 rings (SSSR count). The van der Waals surface area contributed by atoms with Crippen molar-refractivity contribution in [1.82, 2.24) is 20.4 Å². The van der Waals surface area contributed by atoms with Crippen LogP contribution in [0.15, 0.2) is 42.0 Å². The van der Waals surface area contributed by atoms with Crippen LogP contribution in [0.25, 0.3) is 0 Å². The summed E-state index contributed by atoms with van der Waals surface area (Å²) < 4.78 is 4.58. The quantitative estimate of drug-likeness (QED) is 0.144. The Morgan fingerprint density at radius 1 is 0.956 bits per heavy atom. The number of rotatable bonds is 7. The molecule has 0 spiro atoms. The van der Waals surface area contributed by atoms with Crippen LogP contribution in [0.3, 0.4) is 0 Å². The van der Waals surface area contributed by atoms with Gasteiger partial charge in [0.2, 0.25) is 0 Å². The summed E-state index contributed by atoms with van der Waals surface area (Å²) in [6.45, 7) is 12.1. The Morgan fingerprint density at radius 2 is 1.62 bits per heavy atom. The SMILES string of the molecule is CB(O)C1=CNCC1.CB(O)C1CCNC1.CC1CN(Cc2ccccc2)CC1B(O)O.COC(=O)C1CN(C)CC1B(O)O. The van der Waals surface area contributed by atoms with Crippen molar-refractivity contribution in [1.29, 1.82) is 0 Å². The van der Waals surface area contributed by atoms with Gasteiger partial charge in [0, 0.05) is 50.9 Å². The standard InChI is InChI=1S/C12H18BNO2.C7H14BNO4.C5H12BNO.C5H10BNO/c1-10-7-14(9-12(10)13(15)16)8-11-5-3-2-4-6-11;1-9-3-5(7(10)13-2)6(4-9)8(11)12;2*1-6(8)5-2-3-7-4-5/h2-6,10,12,15-16H,7-9H2,1H3;5-6,11-12H,3-4H2,1-2H3;5,7-8H,2-4H2,1H3;4,7-8H,2-3H2,1H3. The molecular formula is C29H54B4N4O8. The molecular weight excluding hydrogens is 576 g/mol. The van der Waals surface area contributed by atoms with Crippen LogP contribution in [0.4, 0.5) is 0 Å². The minimum absolute atomic E-state index is 0.0105. The van der Waals surface area contributed by atoms with Crippen molar-refractivity contribution in [3.63, 3.8) is 0 Å². The van der Waals surface area contributed by atoms with Crippen LogP contribution < -0.4 is 10.6 Å². The molecule has 4 aliphatic rings. The molecule has 250 valence electrons. The summed E-state index contributed by atoms with van der Waals surface area (Å²) in [6.07, 6.45) is 4.03. The van der Waals surface area contributed by atoms with Crippen LogP contribution in [-0.4, -0.2) is 134 Å². The molecule has 1 aromatic rings. The molecule has 4 aliphatic heterocycles. The van der Waals surface area contributed by atoms with Crippen molar-refractivity contribution in [3.05, 3.63) is 47.6 Å². The Bertz CT molecular complexity index is 1010. The number of carbonyl (C=O) groups excluding carboxylic acids is 1. The van der Waals surface area contributed by atoms with Gasteiger partial charge in [-0.05, 0) is 56.5 Å². The fourth-order valence-corrected chi connectivity index (χ4v) is 6.10. The minimum atomic E-state index is -1.45. The number of methoxy groups -OCH3 is 1. The predicted octanol–water partition coefficient (Wildman–Crippen LogP) is -0.475. The Hall–Kier alpha value is -1.87. The molecule has 0 radical (unpaired) electrons. The number of carbonyl (C=O) groups is 1. The summed E-state index contributed by atoms with van der Waals surface area (Å²) in [5, 5.41) is 60.7. The molecule has 0 bridgehead atoms. The third-order valence-corrected chi connectivity index (χ3v) is 8.98. The van der Waals surface area contributed by atoms with Gasteiger partial charge in [-0.3, -0.25) is 9.69 Å². The third-order valence-electron chi connectivity index (χ3n) is 8.98. The third kappa shape index (κ3) is 13.8. The summed E-state index contributed by atoms with van der Waals surface area (Å²) in [4.78, 5) is 15.4. The van der Waals surface area contributed by atoms with Crippen molar-refractivity contribution in [3.8, 4) is 0 Å². The van der Waals surface area contributed by atoms with Crippen molar-refractivity contribution < 1.29 is 39.7 Å². The second kappa shape index (κ2) is 20.4. The zero-order chi connectivity index (χ0) is 33.5. The number of hydrogen-bond acceptors (Lipinski definition) is 12. The van der Waals surface area contributed by atoms with Crippen molar-refractivity contribution >= 4 is 34.0 Å². The smallest absolute Gasteiger partial charge is 0.457 e. The lowest BCUT2D eigenvalue weighted by atomic mass is 9.58. The number of ether oxygens (including phenoxy) is 1. The maximum atomic E-state index is 11.2. The van der Waals surface area contributed by atoms with E-state index in [0.29, 0.717) is 24.8 Å². The number of nitrogens with zero attached hydrogens (tertiary/aromatic N) is 2. The minimum Gasteiger partial charge on any atom is -0.469 e. The molecule has 0 aromatic heterocycles. The van der Waals surface area contributed by atoms with Gasteiger partial charge in [-0.15, -0.1) is 0 Å². The van der Waals surface area contributed by atoms with Crippen LogP contribution in [0.5, 0.6) is 0 Å². The lowest BCUT2D eigenvalue weighted by molar-refractivity contribution is -0.145.